The number of anilines is 1. The number of halogens is 1. The zero-order valence-corrected chi connectivity index (χ0v) is 9.70. The molecule has 0 aliphatic carbocycles. The molecule has 1 aromatic rings. The quantitative estimate of drug-likeness (QED) is 0.758. The molecular formula is C10H14ClN3O2. The summed E-state index contributed by atoms with van der Waals surface area (Å²) in [5.74, 6) is 0.219. The van der Waals surface area contributed by atoms with Crippen LogP contribution >= 0.6 is 11.6 Å². The van der Waals surface area contributed by atoms with Crippen LogP contribution in [0.15, 0.2) is 18.2 Å². The molecule has 1 heterocycles. The molecule has 0 saturated carbocycles. The van der Waals surface area contributed by atoms with Gasteiger partial charge in [0, 0.05) is 13.7 Å². The van der Waals surface area contributed by atoms with Crippen LogP contribution < -0.4 is 11.1 Å². The lowest BCUT2D eigenvalue weighted by molar-refractivity contribution is -0.118. The number of aromatic nitrogens is 1. The molecule has 3 N–H and O–H groups in total. The largest absolute Gasteiger partial charge is 0.380 e. The highest BCUT2D eigenvalue weighted by Gasteiger charge is 2.11. The van der Waals surface area contributed by atoms with Gasteiger partial charge in [-0.3, -0.25) is 4.79 Å². The molecule has 0 radical (unpaired) electrons. The number of hydrogen-bond acceptors (Lipinski definition) is 4. The van der Waals surface area contributed by atoms with Gasteiger partial charge in [-0.1, -0.05) is 17.7 Å². The minimum absolute atomic E-state index is 0.196. The van der Waals surface area contributed by atoms with Crippen molar-refractivity contribution < 1.29 is 9.53 Å². The summed E-state index contributed by atoms with van der Waals surface area (Å²) >= 11 is 5.68. The molecule has 88 valence electrons. The second-order valence-corrected chi connectivity index (χ2v) is 3.58. The van der Waals surface area contributed by atoms with E-state index in [1.54, 1.807) is 18.2 Å². The standard InChI is InChI=1S/C10H14ClN3O2/c1-16-7(6-12)5-10(15)14-9-4-2-3-8(11)13-9/h2-4,7H,5-6,12H2,1H3,(H,13,14,15). The Bertz CT molecular complexity index is 356. The minimum Gasteiger partial charge on any atom is -0.380 e. The van der Waals surface area contributed by atoms with Gasteiger partial charge in [0.05, 0.1) is 12.5 Å². The van der Waals surface area contributed by atoms with E-state index >= 15 is 0 Å². The Balaban J connectivity index is 2.51. The maximum absolute atomic E-state index is 11.5. The number of hydrogen-bond donors (Lipinski definition) is 2. The molecule has 1 amide bonds. The predicted molar refractivity (Wildman–Crippen MR) is 62.3 cm³/mol. The van der Waals surface area contributed by atoms with Crippen molar-refractivity contribution in [3.8, 4) is 0 Å². The summed E-state index contributed by atoms with van der Waals surface area (Å²) in [5.41, 5.74) is 5.41. The average Bonchev–Trinajstić information content (AvgIpc) is 2.26. The average molecular weight is 244 g/mol. The Hall–Kier alpha value is -1.17. The summed E-state index contributed by atoms with van der Waals surface area (Å²) in [7, 11) is 1.52. The number of carbonyl (C=O) groups is 1. The molecular weight excluding hydrogens is 230 g/mol. The van der Waals surface area contributed by atoms with Crippen LogP contribution in [-0.4, -0.2) is 30.6 Å². The van der Waals surface area contributed by atoms with Crippen molar-refractivity contribution in [2.75, 3.05) is 19.0 Å². The molecule has 1 aromatic heterocycles. The SMILES string of the molecule is COC(CN)CC(=O)Nc1cccc(Cl)n1. The molecule has 0 fully saturated rings. The van der Waals surface area contributed by atoms with Gasteiger partial charge in [-0.05, 0) is 12.1 Å². The second-order valence-electron chi connectivity index (χ2n) is 3.19. The normalized spacial score (nSPS) is 12.2. The lowest BCUT2D eigenvalue weighted by Gasteiger charge is -2.12. The van der Waals surface area contributed by atoms with Crippen LogP contribution in [0.3, 0.4) is 0 Å². The lowest BCUT2D eigenvalue weighted by atomic mass is 10.2. The van der Waals surface area contributed by atoms with E-state index in [4.69, 9.17) is 22.1 Å². The van der Waals surface area contributed by atoms with E-state index < -0.39 is 0 Å². The minimum atomic E-state index is -0.279. The fraction of sp³-hybridized carbons (Fsp3) is 0.400. The number of carbonyl (C=O) groups excluding carboxylic acids is 1. The van der Waals surface area contributed by atoms with Crippen LogP contribution in [0.2, 0.25) is 5.15 Å². The van der Waals surface area contributed by atoms with Gasteiger partial charge in [-0.15, -0.1) is 0 Å². The highest BCUT2D eigenvalue weighted by molar-refractivity contribution is 6.29. The molecule has 5 nitrogen and oxygen atoms in total. The van der Waals surface area contributed by atoms with Crippen molar-refractivity contribution in [2.45, 2.75) is 12.5 Å². The topological polar surface area (TPSA) is 77.2 Å². The lowest BCUT2D eigenvalue weighted by Crippen LogP contribution is -2.28. The van der Waals surface area contributed by atoms with E-state index in [1.807, 2.05) is 0 Å². The first kappa shape index (κ1) is 12.9. The predicted octanol–water partition coefficient (Wildman–Crippen LogP) is 1.04. The fourth-order valence-corrected chi connectivity index (χ4v) is 1.31. The molecule has 0 aliphatic heterocycles. The third-order valence-corrected chi connectivity index (χ3v) is 2.20. The molecule has 16 heavy (non-hydrogen) atoms. The first-order valence-corrected chi connectivity index (χ1v) is 5.18. The van der Waals surface area contributed by atoms with Gasteiger partial charge in [0.15, 0.2) is 0 Å². The van der Waals surface area contributed by atoms with Crippen molar-refractivity contribution in [3.63, 3.8) is 0 Å². The smallest absolute Gasteiger partial charge is 0.228 e. The van der Waals surface area contributed by atoms with Crippen molar-refractivity contribution in [1.82, 2.24) is 4.98 Å². The van der Waals surface area contributed by atoms with Crippen molar-refractivity contribution in [2.24, 2.45) is 5.73 Å². The first-order valence-electron chi connectivity index (χ1n) is 4.81. The van der Waals surface area contributed by atoms with Crippen LogP contribution in [0.5, 0.6) is 0 Å². The molecule has 1 unspecified atom stereocenters. The zero-order valence-electron chi connectivity index (χ0n) is 8.94. The molecule has 0 saturated heterocycles. The number of amides is 1. The molecule has 0 spiro atoms. The third kappa shape index (κ3) is 4.14. The summed E-state index contributed by atoms with van der Waals surface area (Å²) in [6, 6.07) is 5.00. The summed E-state index contributed by atoms with van der Waals surface area (Å²) in [6.07, 6.45) is -0.0829. The first-order chi connectivity index (χ1) is 7.65. The number of pyridine rings is 1. The molecule has 0 bridgehead atoms. The Labute approximate surface area is 98.9 Å². The van der Waals surface area contributed by atoms with Crippen LogP contribution in [-0.2, 0) is 9.53 Å². The third-order valence-electron chi connectivity index (χ3n) is 1.99. The van der Waals surface area contributed by atoms with E-state index in [0.29, 0.717) is 17.5 Å². The van der Waals surface area contributed by atoms with Gasteiger partial charge in [0.25, 0.3) is 0 Å². The Morgan fingerprint density at radius 3 is 3.00 bits per heavy atom. The molecule has 0 aliphatic rings. The van der Waals surface area contributed by atoms with Crippen molar-refractivity contribution in [1.29, 1.82) is 0 Å². The summed E-state index contributed by atoms with van der Waals surface area (Å²) in [6.45, 7) is 0.299. The zero-order chi connectivity index (χ0) is 12.0. The van der Waals surface area contributed by atoms with Gasteiger partial charge in [-0.2, -0.15) is 0 Å². The monoisotopic (exact) mass is 243 g/mol. The number of rotatable bonds is 5. The van der Waals surface area contributed by atoms with E-state index in [9.17, 15) is 4.79 Å². The number of methoxy groups -OCH3 is 1. The maximum atomic E-state index is 11.5. The van der Waals surface area contributed by atoms with Crippen LogP contribution in [0.25, 0.3) is 0 Å². The summed E-state index contributed by atoms with van der Waals surface area (Å²) in [5, 5.41) is 2.95. The van der Waals surface area contributed by atoms with E-state index in [1.165, 1.54) is 7.11 Å². The summed E-state index contributed by atoms with van der Waals surface area (Å²) in [4.78, 5) is 15.5. The van der Waals surface area contributed by atoms with E-state index in [-0.39, 0.29) is 18.4 Å². The van der Waals surface area contributed by atoms with E-state index in [0.717, 1.165) is 0 Å². The molecule has 1 atom stereocenters. The number of nitrogens with two attached hydrogens (primary N) is 1. The van der Waals surface area contributed by atoms with Gasteiger partial charge in [0.1, 0.15) is 11.0 Å². The van der Waals surface area contributed by atoms with Gasteiger partial charge in [-0.25, -0.2) is 4.98 Å². The van der Waals surface area contributed by atoms with Crippen LogP contribution in [0.4, 0.5) is 5.82 Å². The molecule has 6 heteroatoms. The van der Waals surface area contributed by atoms with Crippen molar-refractivity contribution >= 4 is 23.3 Å². The van der Waals surface area contributed by atoms with Crippen molar-refractivity contribution in [3.05, 3.63) is 23.4 Å². The van der Waals surface area contributed by atoms with E-state index in [2.05, 4.69) is 10.3 Å². The van der Waals surface area contributed by atoms with Gasteiger partial charge in [0.2, 0.25) is 5.91 Å². The number of ether oxygens (including phenoxy) is 1. The molecule has 1 rings (SSSR count). The highest BCUT2D eigenvalue weighted by Crippen LogP contribution is 2.09. The maximum Gasteiger partial charge on any atom is 0.228 e. The Morgan fingerprint density at radius 2 is 2.44 bits per heavy atom. The fourth-order valence-electron chi connectivity index (χ4n) is 1.14. The van der Waals surface area contributed by atoms with Crippen LogP contribution in [0, 0.1) is 0 Å². The summed E-state index contributed by atoms with van der Waals surface area (Å²) < 4.78 is 5.00. The number of nitrogens with zero attached hydrogens (tertiary/aromatic N) is 1. The second kappa shape index (κ2) is 6.42. The Morgan fingerprint density at radius 1 is 1.69 bits per heavy atom. The van der Waals surface area contributed by atoms with Gasteiger partial charge >= 0.3 is 0 Å². The Kier molecular flexibility index (Phi) is 5.18. The van der Waals surface area contributed by atoms with Gasteiger partial charge < -0.3 is 15.8 Å². The number of nitrogens with one attached hydrogen (secondary N) is 1. The van der Waals surface area contributed by atoms with Crippen LogP contribution in [0.1, 0.15) is 6.42 Å². The molecule has 0 aromatic carbocycles. The highest BCUT2D eigenvalue weighted by atomic mass is 35.5.